The minimum atomic E-state index is -4.09. The summed E-state index contributed by atoms with van der Waals surface area (Å²) < 4.78 is 37.6. The van der Waals surface area contributed by atoms with Gasteiger partial charge in [-0.2, -0.15) is 13.2 Å². The Kier molecular flexibility index (Phi) is 4.08. The fourth-order valence-electron chi connectivity index (χ4n) is 3.00. The lowest BCUT2D eigenvalue weighted by Gasteiger charge is -2.32. The van der Waals surface area contributed by atoms with Gasteiger partial charge in [0.25, 0.3) is 0 Å². The van der Waals surface area contributed by atoms with Gasteiger partial charge in [-0.3, -0.25) is 4.79 Å². The molecule has 0 radical (unpaired) electrons. The van der Waals surface area contributed by atoms with E-state index in [4.69, 9.17) is 0 Å². The fraction of sp³-hybridized carbons (Fsp3) is 0.923. The lowest BCUT2D eigenvalue weighted by molar-refractivity contribution is -0.182. The van der Waals surface area contributed by atoms with Gasteiger partial charge >= 0.3 is 6.18 Å². The van der Waals surface area contributed by atoms with E-state index in [1.165, 1.54) is 0 Å². The molecule has 6 heteroatoms. The minimum absolute atomic E-state index is 0.0690. The van der Waals surface area contributed by atoms with Crippen LogP contribution >= 0.6 is 0 Å². The molecule has 19 heavy (non-hydrogen) atoms. The number of hydrogen-bond donors (Lipinski definition) is 2. The lowest BCUT2D eigenvalue weighted by atomic mass is 9.85. The van der Waals surface area contributed by atoms with Crippen molar-refractivity contribution in [1.82, 2.24) is 10.6 Å². The summed E-state index contributed by atoms with van der Waals surface area (Å²) >= 11 is 0. The van der Waals surface area contributed by atoms with E-state index < -0.39 is 17.6 Å². The highest BCUT2D eigenvalue weighted by atomic mass is 19.4. The molecule has 2 aliphatic rings. The largest absolute Gasteiger partial charge is 0.391 e. The number of amides is 1. The topological polar surface area (TPSA) is 41.1 Å². The molecule has 0 aromatic rings. The molecule has 1 amide bonds. The number of hydrogen-bond acceptors (Lipinski definition) is 2. The summed E-state index contributed by atoms with van der Waals surface area (Å²) in [5.41, 5.74) is -0.541. The van der Waals surface area contributed by atoms with Crippen molar-refractivity contribution in [2.75, 3.05) is 6.54 Å². The van der Waals surface area contributed by atoms with Gasteiger partial charge in [-0.15, -0.1) is 0 Å². The van der Waals surface area contributed by atoms with Crippen LogP contribution in [0.1, 0.15) is 45.4 Å². The molecule has 1 saturated carbocycles. The zero-order chi connectivity index (χ0) is 14.1. The average Bonchev–Trinajstić information content (AvgIpc) is 2.77. The van der Waals surface area contributed by atoms with E-state index in [-0.39, 0.29) is 24.8 Å². The van der Waals surface area contributed by atoms with Gasteiger partial charge in [0.2, 0.25) is 5.91 Å². The Bertz CT molecular complexity index is 329. The molecule has 0 aromatic carbocycles. The fourth-order valence-corrected chi connectivity index (χ4v) is 3.00. The van der Waals surface area contributed by atoms with Crippen LogP contribution in [0.4, 0.5) is 13.2 Å². The number of carbonyl (C=O) groups is 1. The Labute approximate surface area is 111 Å². The predicted molar refractivity (Wildman–Crippen MR) is 65.6 cm³/mol. The molecule has 0 aromatic heterocycles. The van der Waals surface area contributed by atoms with Crippen LogP contribution in [0.25, 0.3) is 0 Å². The van der Waals surface area contributed by atoms with Crippen molar-refractivity contribution < 1.29 is 18.0 Å². The monoisotopic (exact) mass is 278 g/mol. The maximum absolute atomic E-state index is 12.5. The number of alkyl halides is 3. The van der Waals surface area contributed by atoms with Crippen molar-refractivity contribution in [2.45, 2.75) is 63.2 Å². The Hall–Kier alpha value is -0.780. The normalized spacial score (nSPS) is 36.2. The Balaban J connectivity index is 1.81. The highest BCUT2D eigenvalue weighted by Gasteiger charge is 2.42. The van der Waals surface area contributed by atoms with Gasteiger partial charge in [-0.1, -0.05) is 0 Å². The first-order valence-corrected chi connectivity index (χ1v) is 6.94. The first-order chi connectivity index (χ1) is 8.81. The molecule has 0 spiro atoms. The number of carbonyl (C=O) groups excluding carboxylic acids is 1. The lowest BCUT2D eigenvalue weighted by Crippen LogP contribution is -2.54. The third-order valence-corrected chi connectivity index (χ3v) is 4.40. The van der Waals surface area contributed by atoms with Gasteiger partial charge in [-0.25, -0.2) is 0 Å². The van der Waals surface area contributed by atoms with Crippen LogP contribution in [0.3, 0.4) is 0 Å². The molecule has 110 valence electrons. The summed E-state index contributed by atoms with van der Waals surface area (Å²) in [6.07, 6.45) is -1.25. The van der Waals surface area contributed by atoms with Crippen molar-refractivity contribution in [3.05, 3.63) is 0 Å². The number of rotatable bonds is 2. The first-order valence-electron chi connectivity index (χ1n) is 6.94. The smallest absolute Gasteiger partial charge is 0.352 e. The molecule has 1 saturated heterocycles. The SMILES string of the molecule is CC1(C(=O)NC2CCC(C(F)(F)F)CC2)CCCN1. The van der Waals surface area contributed by atoms with E-state index in [2.05, 4.69) is 10.6 Å². The summed E-state index contributed by atoms with van der Waals surface area (Å²) in [5, 5.41) is 6.07. The van der Waals surface area contributed by atoms with E-state index >= 15 is 0 Å². The number of halogens is 3. The summed E-state index contributed by atoms with van der Waals surface area (Å²) in [7, 11) is 0. The van der Waals surface area contributed by atoms with Crippen molar-refractivity contribution in [1.29, 1.82) is 0 Å². The van der Waals surface area contributed by atoms with Crippen LogP contribution in [-0.2, 0) is 4.79 Å². The molecular formula is C13H21F3N2O. The van der Waals surface area contributed by atoms with Crippen LogP contribution in [-0.4, -0.2) is 30.2 Å². The molecule has 1 aliphatic carbocycles. The Morgan fingerprint density at radius 3 is 2.37 bits per heavy atom. The van der Waals surface area contributed by atoms with Crippen LogP contribution < -0.4 is 10.6 Å². The van der Waals surface area contributed by atoms with E-state index in [1.54, 1.807) is 0 Å². The quantitative estimate of drug-likeness (QED) is 0.814. The highest BCUT2D eigenvalue weighted by molar-refractivity contribution is 5.86. The van der Waals surface area contributed by atoms with Crippen molar-refractivity contribution in [2.24, 2.45) is 5.92 Å². The predicted octanol–water partition coefficient (Wildman–Crippen LogP) is 2.37. The molecule has 1 aliphatic heterocycles. The molecule has 0 bridgehead atoms. The third-order valence-electron chi connectivity index (χ3n) is 4.40. The van der Waals surface area contributed by atoms with Gasteiger partial charge in [0.15, 0.2) is 0 Å². The summed E-state index contributed by atoms with van der Waals surface area (Å²) in [6.45, 7) is 2.68. The maximum atomic E-state index is 12.5. The van der Waals surface area contributed by atoms with E-state index in [1.807, 2.05) is 6.92 Å². The number of nitrogens with one attached hydrogen (secondary N) is 2. The summed E-state index contributed by atoms with van der Waals surface area (Å²) in [6, 6.07) is -0.106. The molecule has 1 atom stereocenters. The second kappa shape index (κ2) is 5.31. The molecule has 1 heterocycles. The van der Waals surface area contributed by atoms with Crippen molar-refractivity contribution in [3.63, 3.8) is 0 Å². The molecule has 2 rings (SSSR count). The van der Waals surface area contributed by atoms with Crippen LogP contribution in [0.15, 0.2) is 0 Å². The Morgan fingerprint density at radius 2 is 1.89 bits per heavy atom. The van der Waals surface area contributed by atoms with E-state index in [9.17, 15) is 18.0 Å². The molecule has 2 N–H and O–H groups in total. The minimum Gasteiger partial charge on any atom is -0.352 e. The van der Waals surface area contributed by atoms with Gasteiger partial charge < -0.3 is 10.6 Å². The highest BCUT2D eigenvalue weighted by Crippen LogP contribution is 2.37. The zero-order valence-corrected chi connectivity index (χ0v) is 11.1. The standard InChI is InChI=1S/C13H21F3N2O/c1-12(7-2-8-17-12)11(19)18-10-5-3-9(4-6-10)13(14,15)16/h9-10,17H,2-8H2,1H3,(H,18,19). The second-order valence-corrected chi connectivity index (χ2v) is 5.93. The Morgan fingerprint density at radius 1 is 1.26 bits per heavy atom. The van der Waals surface area contributed by atoms with Crippen molar-refractivity contribution in [3.8, 4) is 0 Å². The van der Waals surface area contributed by atoms with Crippen molar-refractivity contribution >= 4 is 5.91 Å². The second-order valence-electron chi connectivity index (χ2n) is 5.93. The van der Waals surface area contributed by atoms with Crippen LogP contribution in [0.2, 0.25) is 0 Å². The zero-order valence-electron chi connectivity index (χ0n) is 11.1. The molecule has 1 unspecified atom stereocenters. The third kappa shape index (κ3) is 3.41. The van der Waals surface area contributed by atoms with Gasteiger partial charge in [0.05, 0.1) is 11.5 Å². The molecular weight excluding hydrogens is 257 g/mol. The van der Waals surface area contributed by atoms with Crippen LogP contribution in [0, 0.1) is 5.92 Å². The summed E-state index contributed by atoms with van der Waals surface area (Å²) in [5.74, 6) is -1.26. The molecule has 3 nitrogen and oxygen atoms in total. The van der Waals surface area contributed by atoms with E-state index in [0.29, 0.717) is 12.8 Å². The first kappa shape index (κ1) is 14.6. The maximum Gasteiger partial charge on any atom is 0.391 e. The van der Waals surface area contributed by atoms with Gasteiger partial charge in [0, 0.05) is 6.04 Å². The van der Waals surface area contributed by atoms with Gasteiger partial charge in [-0.05, 0) is 52.0 Å². The van der Waals surface area contributed by atoms with Gasteiger partial charge in [0.1, 0.15) is 0 Å². The van der Waals surface area contributed by atoms with E-state index in [0.717, 1.165) is 19.4 Å². The summed E-state index contributed by atoms with van der Waals surface area (Å²) in [4.78, 5) is 12.1. The average molecular weight is 278 g/mol. The molecule has 2 fully saturated rings. The van der Waals surface area contributed by atoms with Crippen LogP contribution in [0.5, 0.6) is 0 Å².